The highest BCUT2D eigenvalue weighted by atomic mass is 16.5. The Morgan fingerprint density at radius 3 is 2.89 bits per heavy atom. The molecule has 1 N–H and O–H groups in total. The van der Waals surface area contributed by atoms with E-state index < -0.39 is 11.1 Å². The summed E-state index contributed by atoms with van der Waals surface area (Å²) in [4.78, 5) is 36.5. The summed E-state index contributed by atoms with van der Waals surface area (Å²) in [6.45, 7) is 4.59. The average molecular weight is 267 g/mol. The number of hydrogen-bond acceptors (Lipinski definition) is 4. The predicted molar refractivity (Wildman–Crippen MR) is 67.9 cm³/mol. The number of amides is 1. The lowest BCUT2D eigenvalue weighted by Gasteiger charge is -2.36. The molecule has 0 unspecified atom stereocenters. The maximum atomic E-state index is 12.2. The summed E-state index contributed by atoms with van der Waals surface area (Å²) >= 11 is 0. The van der Waals surface area contributed by atoms with Gasteiger partial charge in [-0.05, 0) is 13.8 Å². The van der Waals surface area contributed by atoms with Crippen molar-refractivity contribution >= 4 is 5.91 Å². The zero-order chi connectivity index (χ0) is 14.0. The quantitative estimate of drug-likeness (QED) is 0.758. The fraction of sp³-hybridized carbons (Fsp3) is 0.583. The van der Waals surface area contributed by atoms with Crippen molar-refractivity contribution in [2.75, 3.05) is 13.2 Å². The third-order valence-corrected chi connectivity index (χ3v) is 3.11. The van der Waals surface area contributed by atoms with Crippen molar-refractivity contribution in [3.63, 3.8) is 0 Å². The fourth-order valence-corrected chi connectivity index (χ4v) is 2.06. The van der Waals surface area contributed by atoms with Crippen LogP contribution in [0.5, 0.6) is 0 Å². The average Bonchev–Trinajstić information content (AvgIpc) is 2.36. The van der Waals surface area contributed by atoms with Crippen molar-refractivity contribution in [2.24, 2.45) is 0 Å². The summed E-state index contributed by atoms with van der Waals surface area (Å²) in [6, 6.07) is 2.26. The van der Waals surface area contributed by atoms with E-state index in [-0.39, 0.29) is 24.6 Å². The van der Waals surface area contributed by atoms with Gasteiger partial charge in [-0.1, -0.05) is 0 Å². The van der Waals surface area contributed by atoms with Gasteiger partial charge in [0.25, 0.3) is 11.1 Å². The molecule has 7 heteroatoms. The molecular formula is C12H17N3O4. The van der Waals surface area contributed by atoms with Gasteiger partial charge in [-0.2, -0.15) is 0 Å². The normalized spacial score (nSPS) is 23.4. The first-order chi connectivity index (χ1) is 8.97. The first-order valence-corrected chi connectivity index (χ1v) is 6.18. The third-order valence-electron chi connectivity index (χ3n) is 3.11. The van der Waals surface area contributed by atoms with Crippen LogP contribution in [0.1, 0.15) is 13.8 Å². The number of rotatable bonds is 2. The highest BCUT2D eigenvalue weighted by molar-refractivity contribution is 5.76. The molecule has 0 aromatic carbocycles. The molecule has 1 fully saturated rings. The van der Waals surface area contributed by atoms with Gasteiger partial charge < -0.3 is 9.64 Å². The number of carbonyl (C=O) groups is 1. The Labute approximate surface area is 109 Å². The van der Waals surface area contributed by atoms with E-state index >= 15 is 0 Å². The van der Waals surface area contributed by atoms with Crippen LogP contribution in [-0.2, 0) is 16.1 Å². The maximum Gasteiger partial charge on any atom is 0.265 e. The van der Waals surface area contributed by atoms with E-state index in [1.54, 1.807) is 4.90 Å². The minimum Gasteiger partial charge on any atom is -0.375 e. The first kappa shape index (κ1) is 13.5. The topological polar surface area (TPSA) is 84.4 Å². The van der Waals surface area contributed by atoms with Crippen LogP contribution in [0.25, 0.3) is 0 Å². The second-order valence-electron chi connectivity index (χ2n) is 4.77. The van der Waals surface area contributed by atoms with Crippen molar-refractivity contribution in [2.45, 2.75) is 32.5 Å². The lowest BCUT2D eigenvalue weighted by Crippen LogP contribution is -2.52. The lowest BCUT2D eigenvalue weighted by atomic mass is 10.2. The summed E-state index contributed by atoms with van der Waals surface area (Å²) in [6.07, 6.45) is -0.0216. The number of aromatic amines is 1. The summed E-state index contributed by atoms with van der Waals surface area (Å²) in [5, 5.41) is 2.34. The summed E-state index contributed by atoms with van der Waals surface area (Å²) in [7, 11) is 0. The van der Waals surface area contributed by atoms with Gasteiger partial charge in [0.15, 0.2) is 0 Å². The molecule has 0 aliphatic carbocycles. The molecule has 0 radical (unpaired) electrons. The molecule has 2 heterocycles. The number of aromatic nitrogens is 2. The van der Waals surface area contributed by atoms with E-state index in [4.69, 9.17) is 4.74 Å². The number of hydrogen-bond donors (Lipinski definition) is 1. The summed E-state index contributed by atoms with van der Waals surface area (Å²) in [5.74, 6) is -0.202. The lowest BCUT2D eigenvalue weighted by molar-refractivity contribution is -0.144. The van der Waals surface area contributed by atoms with Gasteiger partial charge >= 0.3 is 0 Å². The molecule has 7 nitrogen and oxygen atoms in total. The second kappa shape index (κ2) is 5.40. The smallest absolute Gasteiger partial charge is 0.265 e. The molecular weight excluding hydrogens is 250 g/mol. The Morgan fingerprint density at radius 1 is 1.42 bits per heavy atom. The second-order valence-corrected chi connectivity index (χ2v) is 4.77. The van der Waals surface area contributed by atoms with E-state index in [1.807, 2.05) is 13.8 Å². The Hall–Kier alpha value is -1.89. The van der Waals surface area contributed by atoms with Crippen LogP contribution in [-0.4, -0.2) is 45.9 Å². The predicted octanol–water partition coefficient (Wildman–Crippen LogP) is -0.828. The summed E-state index contributed by atoms with van der Waals surface area (Å²) < 4.78 is 6.47. The maximum absolute atomic E-state index is 12.2. The number of morpholine rings is 1. The van der Waals surface area contributed by atoms with Gasteiger partial charge in [0.05, 0.1) is 18.8 Å². The van der Waals surface area contributed by atoms with E-state index in [9.17, 15) is 14.4 Å². The van der Waals surface area contributed by atoms with Gasteiger partial charge in [0.1, 0.15) is 6.54 Å². The van der Waals surface area contributed by atoms with Crippen LogP contribution in [0.4, 0.5) is 0 Å². The van der Waals surface area contributed by atoms with E-state index in [0.29, 0.717) is 13.2 Å². The Kier molecular flexibility index (Phi) is 3.84. The molecule has 1 aromatic heterocycles. The molecule has 1 aromatic rings. The zero-order valence-electron chi connectivity index (χ0n) is 11.0. The van der Waals surface area contributed by atoms with Crippen molar-refractivity contribution < 1.29 is 9.53 Å². The SMILES string of the molecule is C[C@H]1CN(C(=O)Cn2[nH]c(=O)ccc2=O)[C@@H](C)CO1. The Bertz CT molecular complexity index is 577. The van der Waals surface area contributed by atoms with Crippen molar-refractivity contribution in [3.8, 4) is 0 Å². The van der Waals surface area contributed by atoms with E-state index in [2.05, 4.69) is 5.10 Å². The molecule has 1 saturated heterocycles. The van der Waals surface area contributed by atoms with Crippen molar-refractivity contribution in [3.05, 3.63) is 32.8 Å². The van der Waals surface area contributed by atoms with Gasteiger partial charge in [-0.15, -0.1) is 0 Å². The zero-order valence-corrected chi connectivity index (χ0v) is 11.0. The van der Waals surface area contributed by atoms with Crippen molar-refractivity contribution in [1.82, 2.24) is 14.7 Å². The number of nitrogens with zero attached hydrogens (tertiary/aromatic N) is 2. The Morgan fingerprint density at radius 2 is 2.16 bits per heavy atom. The van der Waals surface area contributed by atoms with Crippen LogP contribution in [0.2, 0.25) is 0 Å². The summed E-state index contributed by atoms with van der Waals surface area (Å²) in [5.41, 5.74) is -0.808. The van der Waals surface area contributed by atoms with E-state index in [1.165, 1.54) is 0 Å². The third kappa shape index (κ3) is 3.11. The Balaban J connectivity index is 2.14. The van der Waals surface area contributed by atoms with Gasteiger partial charge in [-0.25, -0.2) is 4.68 Å². The molecule has 1 aliphatic heterocycles. The van der Waals surface area contributed by atoms with Crippen LogP contribution in [0, 0.1) is 0 Å². The molecule has 19 heavy (non-hydrogen) atoms. The standard InChI is InChI=1S/C12H17N3O4/c1-8-7-19-9(2)5-14(8)12(18)6-15-11(17)4-3-10(16)13-15/h3-4,8-9H,5-7H2,1-2H3,(H,13,16)/t8-,9-/m0/s1. The van der Waals surface area contributed by atoms with Crippen LogP contribution in [0.15, 0.2) is 21.7 Å². The molecule has 2 rings (SSSR count). The molecule has 0 spiro atoms. The molecule has 2 atom stereocenters. The number of ether oxygens (including phenoxy) is 1. The van der Waals surface area contributed by atoms with Gasteiger partial charge in [-0.3, -0.25) is 19.5 Å². The number of H-pyrrole nitrogens is 1. The molecule has 1 amide bonds. The minimum absolute atomic E-state index is 0.0216. The minimum atomic E-state index is -0.407. The van der Waals surface area contributed by atoms with Crippen molar-refractivity contribution in [1.29, 1.82) is 0 Å². The highest BCUT2D eigenvalue weighted by Crippen LogP contribution is 2.11. The number of nitrogens with one attached hydrogen (secondary N) is 1. The molecule has 0 bridgehead atoms. The van der Waals surface area contributed by atoms with E-state index in [0.717, 1.165) is 16.8 Å². The van der Waals surface area contributed by atoms with Gasteiger partial charge in [0.2, 0.25) is 5.91 Å². The molecule has 1 aliphatic rings. The molecule has 104 valence electrons. The highest BCUT2D eigenvalue weighted by Gasteiger charge is 2.27. The molecule has 0 saturated carbocycles. The monoisotopic (exact) mass is 267 g/mol. The fourth-order valence-electron chi connectivity index (χ4n) is 2.06. The van der Waals surface area contributed by atoms with Crippen LogP contribution in [0.3, 0.4) is 0 Å². The first-order valence-electron chi connectivity index (χ1n) is 6.18. The van der Waals surface area contributed by atoms with Crippen LogP contribution >= 0.6 is 0 Å². The van der Waals surface area contributed by atoms with Gasteiger partial charge in [0, 0.05) is 18.7 Å². The van der Waals surface area contributed by atoms with Crippen LogP contribution < -0.4 is 11.1 Å². The number of carbonyl (C=O) groups excluding carboxylic acids is 1. The largest absolute Gasteiger partial charge is 0.375 e.